The van der Waals surface area contributed by atoms with Crippen molar-refractivity contribution in [3.63, 3.8) is 0 Å². The monoisotopic (exact) mass is 492 g/mol. The summed E-state index contributed by atoms with van der Waals surface area (Å²) >= 11 is 1.31. The molecule has 0 fully saturated rings. The molecule has 0 radical (unpaired) electrons. The van der Waals surface area contributed by atoms with Gasteiger partial charge in [0.1, 0.15) is 6.04 Å². The van der Waals surface area contributed by atoms with Crippen molar-refractivity contribution in [2.75, 3.05) is 5.32 Å². The van der Waals surface area contributed by atoms with Crippen LogP contribution in [0.25, 0.3) is 0 Å². The molecule has 2 aromatic carbocycles. The molecule has 0 saturated carbocycles. The summed E-state index contributed by atoms with van der Waals surface area (Å²) in [6.07, 6.45) is 1.56. The number of hydrogen-bond acceptors (Lipinski definition) is 5. The topological polar surface area (TPSA) is 91.4 Å². The number of hydrogen-bond donors (Lipinski definition) is 2. The fourth-order valence-electron chi connectivity index (χ4n) is 3.59. The molecule has 3 amide bonds. The Morgan fingerprint density at radius 3 is 2.29 bits per heavy atom. The SMILES string of the molecule is Cc1ccc(C(C(=O)NC(C)(C)C)N(Cc2ccccc2)C(=O)CCC(=O)Nc2nccs2)cc1. The Labute approximate surface area is 210 Å². The van der Waals surface area contributed by atoms with Gasteiger partial charge in [0.15, 0.2) is 5.13 Å². The Bertz CT molecular complexity index is 1120. The lowest BCUT2D eigenvalue weighted by molar-refractivity contribution is -0.142. The highest BCUT2D eigenvalue weighted by Gasteiger charge is 2.33. The smallest absolute Gasteiger partial charge is 0.247 e. The van der Waals surface area contributed by atoms with E-state index in [1.807, 2.05) is 82.3 Å². The first kappa shape index (κ1) is 26.1. The van der Waals surface area contributed by atoms with Crippen LogP contribution in [0.5, 0.6) is 0 Å². The maximum Gasteiger partial charge on any atom is 0.247 e. The van der Waals surface area contributed by atoms with Gasteiger partial charge in [-0.05, 0) is 38.8 Å². The van der Waals surface area contributed by atoms with Gasteiger partial charge in [-0.2, -0.15) is 0 Å². The van der Waals surface area contributed by atoms with E-state index < -0.39 is 11.6 Å². The summed E-state index contributed by atoms with van der Waals surface area (Å²) in [5.41, 5.74) is 2.20. The Kier molecular flexibility index (Phi) is 8.76. The van der Waals surface area contributed by atoms with Crippen LogP contribution in [0.4, 0.5) is 5.13 Å². The number of nitrogens with zero attached hydrogens (tertiary/aromatic N) is 2. The van der Waals surface area contributed by atoms with Gasteiger partial charge in [-0.25, -0.2) is 4.98 Å². The average Bonchev–Trinajstić information content (AvgIpc) is 3.31. The maximum absolute atomic E-state index is 13.6. The third-order valence-electron chi connectivity index (χ3n) is 5.21. The third kappa shape index (κ3) is 8.03. The number of benzene rings is 2. The van der Waals surface area contributed by atoms with Crippen molar-refractivity contribution >= 4 is 34.2 Å². The summed E-state index contributed by atoms with van der Waals surface area (Å²) in [5.74, 6) is -0.838. The fourth-order valence-corrected chi connectivity index (χ4v) is 4.14. The van der Waals surface area contributed by atoms with E-state index in [1.54, 1.807) is 16.5 Å². The zero-order valence-corrected chi connectivity index (χ0v) is 21.4. The van der Waals surface area contributed by atoms with Crippen LogP contribution < -0.4 is 10.6 Å². The summed E-state index contributed by atoms with van der Waals surface area (Å²) in [7, 11) is 0. The summed E-state index contributed by atoms with van der Waals surface area (Å²) in [6, 6.07) is 16.3. The number of carbonyl (C=O) groups is 3. The van der Waals surface area contributed by atoms with Crippen LogP contribution in [0.3, 0.4) is 0 Å². The molecule has 3 rings (SSSR count). The molecule has 1 atom stereocenters. The minimum Gasteiger partial charge on any atom is -0.349 e. The number of aryl methyl sites for hydroxylation is 1. The maximum atomic E-state index is 13.6. The minimum atomic E-state index is -0.843. The van der Waals surface area contributed by atoms with Crippen LogP contribution in [-0.2, 0) is 20.9 Å². The molecule has 184 valence electrons. The molecular formula is C27H32N4O3S. The zero-order chi connectivity index (χ0) is 25.4. The number of thiazole rings is 1. The van der Waals surface area contributed by atoms with Gasteiger partial charge in [0, 0.05) is 36.5 Å². The first-order valence-corrected chi connectivity index (χ1v) is 12.4. The quantitative estimate of drug-likeness (QED) is 0.446. The highest BCUT2D eigenvalue weighted by Crippen LogP contribution is 2.26. The van der Waals surface area contributed by atoms with E-state index in [-0.39, 0.29) is 37.1 Å². The lowest BCUT2D eigenvalue weighted by Gasteiger charge is -2.34. The molecule has 1 unspecified atom stereocenters. The van der Waals surface area contributed by atoms with Crippen LogP contribution in [-0.4, -0.2) is 33.1 Å². The van der Waals surface area contributed by atoms with E-state index in [1.165, 1.54) is 11.3 Å². The number of carbonyl (C=O) groups excluding carboxylic acids is 3. The molecule has 2 N–H and O–H groups in total. The second-order valence-corrected chi connectivity index (χ2v) is 10.3. The predicted molar refractivity (Wildman–Crippen MR) is 139 cm³/mol. The molecule has 0 bridgehead atoms. The highest BCUT2D eigenvalue weighted by atomic mass is 32.1. The number of aromatic nitrogens is 1. The minimum absolute atomic E-state index is 0.00872. The van der Waals surface area contributed by atoms with Crippen molar-refractivity contribution in [2.45, 2.75) is 58.7 Å². The molecule has 0 spiro atoms. The third-order valence-corrected chi connectivity index (χ3v) is 5.90. The second-order valence-electron chi connectivity index (χ2n) is 9.45. The standard InChI is InChI=1S/C27H32N4O3S/c1-19-10-12-21(13-11-19)24(25(34)30-27(2,3)4)31(18-20-8-6-5-7-9-20)23(33)15-14-22(32)29-26-28-16-17-35-26/h5-13,16-17,24H,14-15,18H2,1-4H3,(H,30,34)(H,28,29,32). The molecule has 0 aliphatic rings. The Balaban J connectivity index is 1.89. The largest absolute Gasteiger partial charge is 0.349 e. The van der Waals surface area contributed by atoms with Gasteiger partial charge < -0.3 is 15.5 Å². The molecule has 8 heteroatoms. The Morgan fingerprint density at radius 2 is 1.69 bits per heavy atom. The van der Waals surface area contributed by atoms with Gasteiger partial charge in [-0.1, -0.05) is 60.2 Å². The first-order valence-electron chi connectivity index (χ1n) is 11.5. The molecule has 35 heavy (non-hydrogen) atoms. The van der Waals surface area contributed by atoms with E-state index in [2.05, 4.69) is 15.6 Å². The lowest BCUT2D eigenvalue weighted by Crippen LogP contribution is -2.49. The number of amides is 3. The number of rotatable bonds is 9. The Morgan fingerprint density at radius 1 is 1.00 bits per heavy atom. The average molecular weight is 493 g/mol. The van der Waals surface area contributed by atoms with Crippen LogP contribution in [0.1, 0.15) is 56.3 Å². The predicted octanol–water partition coefficient (Wildman–Crippen LogP) is 4.86. The van der Waals surface area contributed by atoms with E-state index in [0.29, 0.717) is 10.7 Å². The summed E-state index contributed by atoms with van der Waals surface area (Å²) in [4.78, 5) is 45.1. The van der Waals surface area contributed by atoms with Crippen LogP contribution in [0.2, 0.25) is 0 Å². The van der Waals surface area contributed by atoms with Crippen molar-refractivity contribution in [1.29, 1.82) is 0 Å². The van der Waals surface area contributed by atoms with Gasteiger partial charge in [0.2, 0.25) is 17.7 Å². The Hall–Kier alpha value is -3.52. The van der Waals surface area contributed by atoms with Gasteiger partial charge in [-0.15, -0.1) is 11.3 Å². The van der Waals surface area contributed by atoms with Gasteiger partial charge in [0.25, 0.3) is 0 Å². The summed E-state index contributed by atoms with van der Waals surface area (Å²) in [5, 5.41) is 7.99. The van der Waals surface area contributed by atoms with Crippen molar-refractivity contribution in [3.05, 3.63) is 82.9 Å². The molecule has 0 aliphatic carbocycles. The molecule has 1 aromatic heterocycles. The van der Waals surface area contributed by atoms with Crippen molar-refractivity contribution in [2.24, 2.45) is 0 Å². The number of nitrogens with one attached hydrogen (secondary N) is 2. The molecule has 0 aliphatic heterocycles. The molecular weight excluding hydrogens is 460 g/mol. The lowest BCUT2D eigenvalue weighted by atomic mass is 9.99. The first-order chi connectivity index (χ1) is 16.6. The van der Waals surface area contributed by atoms with E-state index in [0.717, 1.165) is 11.1 Å². The van der Waals surface area contributed by atoms with E-state index >= 15 is 0 Å². The normalized spacial score (nSPS) is 12.0. The van der Waals surface area contributed by atoms with E-state index in [9.17, 15) is 14.4 Å². The van der Waals surface area contributed by atoms with E-state index in [4.69, 9.17) is 0 Å². The van der Waals surface area contributed by atoms with Gasteiger partial charge >= 0.3 is 0 Å². The van der Waals surface area contributed by atoms with Crippen molar-refractivity contribution in [3.8, 4) is 0 Å². The summed E-state index contributed by atoms with van der Waals surface area (Å²) < 4.78 is 0. The second kappa shape index (κ2) is 11.8. The van der Waals surface area contributed by atoms with Crippen LogP contribution in [0, 0.1) is 6.92 Å². The molecule has 7 nitrogen and oxygen atoms in total. The highest BCUT2D eigenvalue weighted by molar-refractivity contribution is 7.13. The van der Waals surface area contributed by atoms with Crippen LogP contribution >= 0.6 is 11.3 Å². The van der Waals surface area contributed by atoms with Gasteiger partial charge in [0.05, 0.1) is 0 Å². The molecule has 0 saturated heterocycles. The number of anilines is 1. The summed E-state index contributed by atoms with van der Waals surface area (Å²) in [6.45, 7) is 7.93. The zero-order valence-electron chi connectivity index (χ0n) is 20.6. The van der Waals surface area contributed by atoms with Crippen molar-refractivity contribution < 1.29 is 14.4 Å². The van der Waals surface area contributed by atoms with Crippen molar-refractivity contribution in [1.82, 2.24) is 15.2 Å². The molecule has 3 aromatic rings. The van der Waals surface area contributed by atoms with Crippen LogP contribution in [0.15, 0.2) is 66.2 Å². The fraction of sp³-hybridized carbons (Fsp3) is 0.333. The van der Waals surface area contributed by atoms with Gasteiger partial charge in [-0.3, -0.25) is 14.4 Å². The molecule has 1 heterocycles.